The number of piperidine rings is 1. The Morgan fingerprint density at radius 2 is 1.81 bits per heavy atom. The van der Waals surface area contributed by atoms with Gasteiger partial charge in [0, 0.05) is 62.0 Å². The van der Waals surface area contributed by atoms with Crippen LogP contribution in [0.3, 0.4) is 0 Å². The normalized spacial score (nSPS) is 17.7. The van der Waals surface area contributed by atoms with Crippen molar-refractivity contribution < 1.29 is 4.74 Å². The molecule has 43 heavy (non-hydrogen) atoms. The van der Waals surface area contributed by atoms with Gasteiger partial charge >= 0.3 is 0 Å². The molecular weight excluding hydrogens is 540 g/mol. The third-order valence-corrected chi connectivity index (χ3v) is 8.25. The monoisotopic (exact) mass is 572 g/mol. The van der Waals surface area contributed by atoms with E-state index in [-0.39, 0.29) is 11.7 Å². The topological polar surface area (TPSA) is 144 Å². The third kappa shape index (κ3) is 5.62. The number of anilines is 2. The van der Waals surface area contributed by atoms with Gasteiger partial charge in [0.25, 0.3) is 0 Å². The van der Waals surface area contributed by atoms with Crippen molar-refractivity contribution in [3.05, 3.63) is 84.1 Å². The van der Waals surface area contributed by atoms with Gasteiger partial charge in [-0.3, -0.25) is 9.47 Å². The maximum atomic E-state index is 9.06. The van der Waals surface area contributed by atoms with E-state index in [0.29, 0.717) is 24.3 Å². The first-order chi connectivity index (χ1) is 21.1. The first-order valence-corrected chi connectivity index (χ1v) is 14.6. The number of ether oxygens (including phenoxy) is 1. The number of pyridine rings is 2. The van der Waals surface area contributed by atoms with Crippen LogP contribution in [0.2, 0.25) is 0 Å². The van der Waals surface area contributed by atoms with Gasteiger partial charge in [0.05, 0.1) is 12.2 Å². The number of likely N-dealkylation sites (tertiary alicyclic amines) is 1. The van der Waals surface area contributed by atoms with E-state index in [9.17, 15) is 0 Å². The largest absolute Gasteiger partial charge is 0.383 e. The van der Waals surface area contributed by atoms with Crippen LogP contribution in [0.4, 0.5) is 11.6 Å². The fraction of sp³-hybridized carbons (Fsp3) is 0.312. The lowest BCUT2D eigenvalue weighted by molar-refractivity contribution is 0.193. The zero-order valence-corrected chi connectivity index (χ0v) is 23.7. The van der Waals surface area contributed by atoms with Crippen molar-refractivity contribution in [3.8, 4) is 23.1 Å². The molecule has 4 aromatic heterocycles. The van der Waals surface area contributed by atoms with Gasteiger partial charge in [0.1, 0.15) is 23.2 Å². The Balaban J connectivity index is 1.11. The number of nitriles is 1. The van der Waals surface area contributed by atoms with Gasteiger partial charge in [-0.05, 0) is 67.3 Å². The Kier molecular flexibility index (Phi) is 7.37. The van der Waals surface area contributed by atoms with Crippen molar-refractivity contribution in [1.82, 2.24) is 34.4 Å². The van der Waals surface area contributed by atoms with E-state index >= 15 is 0 Å². The Hall–Kier alpha value is -4.92. The van der Waals surface area contributed by atoms with Crippen LogP contribution < -0.4 is 11.1 Å². The Morgan fingerprint density at radius 1 is 0.953 bits per heavy atom. The average Bonchev–Trinajstić information content (AvgIpc) is 3.71. The number of nitrogens with one attached hydrogen (secondary N) is 1. The Bertz CT molecular complexity index is 1780. The third-order valence-electron chi connectivity index (χ3n) is 8.25. The lowest BCUT2D eigenvalue weighted by Crippen LogP contribution is -2.38. The van der Waals surface area contributed by atoms with E-state index in [1.165, 1.54) is 5.56 Å². The van der Waals surface area contributed by atoms with Crippen LogP contribution in [0, 0.1) is 11.3 Å². The highest BCUT2D eigenvalue weighted by atomic mass is 16.5. The van der Waals surface area contributed by atoms with Gasteiger partial charge < -0.3 is 15.8 Å². The molecule has 0 saturated carbocycles. The molecule has 0 bridgehead atoms. The van der Waals surface area contributed by atoms with Crippen molar-refractivity contribution in [1.29, 1.82) is 5.26 Å². The predicted octanol–water partition coefficient (Wildman–Crippen LogP) is 4.31. The molecule has 5 aromatic rings. The molecule has 2 aliphatic rings. The molecule has 216 valence electrons. The van der Waals surface area contributed by atoms with Crippen LogP contribution >= 0.6 is 0 Å². The Morgan fingerprint density at radius 3 is 2.58 bits per heavy atom. The minimum absolute atomic E-state index is 0.185. The number of nitrogen functional groups attached to an aromatic ring is 1. The summed E-state index contributed by atoms with van der Waals surface area (Å²) >= 11 is 0. The standard InChI is InChI=1S/C32H32N10O/c33-18-29-35-14-9-28(40-29)37-23-10-15-41(16-11-23)19-21-3-5-24(6-4-21)42-31(25-2-1-13-36-30(25)34)39-27-8-7-26(38-32(27)42)22-12-17-43-20-22/h1-9,13-14,22-23H,10-12,15-17,19-20H2,(H2,34,36)(H,35,37,40)/t22-/m0/s1. The van der Waals surface area contributed by atoms with Crippen LogP contribution in [-0.4, -0.2) is 66.7 Å². The molecule has 6 heterocycles. The van der Waals surface area contributed by atoms with Crippen LogP contribution in [0.5, 0.6) is 0 Å². The van der Waals surface area contributed by atoms with E-state index in [0.717, 1.165) is 79.4 Å². The highest BCUT2D eigenvalue weighted by Gasteiger charge is 2.23. The smallest absolute Gasteiger partial charge is 0.234 e. The van der Waals surface area contributed by atoms with Gasteiger partial charge in [-0.15, -0.1) is 0 Å². The minimum atomic E-state index is 0.185. The molecule has 1 atom stereocenters. The molecular formula is C32H32N10O. The maximum Gasteiger partial charge on any atom is 0.234 e. The molecule has 2 fully saturated rings. The first-order valence-electron chi connectivity index (χ1n) is 14.6. The quantitative estimate of drug-likeness (QED) is 0.290. The summed E-state index contributed by atoms with van der Waals surface area (Å²) < 4.78 is 7.73. The summed E-state index contributed by atoms with van der Waals surface area (Å²) in [6, 6.07) is 20.7. The minimum Gasteiger partial charge on any atom is -0.383 e. The molecule has 2 aliphatic heterocycles. The average molecular weight is 573 g/mol. The van der Waals surface area contributed by atoms with Crippen LogP contribution in [0.25, 0.3) is 28.2 Å². The number of hydrogen-bond acceptors (Lipinski definition) is 10. The van der Waals surface area contributed by atoms with Crippen molar-refractivity contribution in [2.24, 2.45) is 0 Å². The molecule has 11 heteroatoms. The lowest BCUT2D eigenvalue weighted by Gasteiger charge is -2.32. The summed E-state index contributed by atoms with van der Waals surface area (Å²) in [5.74, 6) is 2.34. The van der Waals surface area contributed by atoms with Crippen molar-refractivity contribution in [2.45, 2.75) is 37.8 Å². The molecule has 2 saturated heterocycles. The molecule has 0 aliphatic carbocycles. The molecule has 7 rings (SSSR count). The van der Waals surface area contributed by atoms with Gasteiger partial charge in [-0.1, -0.05) is 12.1 Å². The number of aromatic nitrogens is 6. The molecule has 0 radical (unpaired) electrons. The number of nitrogens with zero attached hydrogens (tertiary/aromatic N) is 8. The van der Waals surface area contributed by atoms with Crippen LogP contribution in [-0.2, 0) is 11.3 Å². The second-order valence-electron chi connectivity index (χ2n) is 11.1. The fourth-order valence-electron chi connectivity index (χ4n) is 5.95. The summed E-state index contributed by atoms with van der Waals surface area (Å²) in [6.45, 7) is 4.28. The number of imidazole rings is 1. The molecule has 3 N–H and O–H groups in total. The van der Waals surface area contributed by atoms with Crippen molar-refractivity contribution >= 4 is 22.8 Å². The zero-order valence-electron chi connectivity index (χ0n) is 23.7. The fourth-order valence-corrected chi connectivity index (χ4v) is 5.95. The lowest BCUT2D eigenvalue weighted by atomic mass is 10.0. The molecule has 11 nitrogen and oxygen atoms in total. The second-order valence-corrected chi connectivity index (χ2v) is 11.1. The number of rotatable bonds is 7. The van der Waals surface area contributed by atoms with E-state index in [4.69, 9.17) is 25.7 Å². The summed E-state index contributed by atoms with van der Waals surface area (Å²) in [5.41, 5.74) is 11.9. The van der Waals surface area contributed by atoms with Crippen molar-refractivity contribution in [2.75, 3.05) is 37.4 Å². The number of benzene rings is 1. The number of nitrogens with two attached hydrogens (primary N) is 1. The van der Waals surface area contributed by atoms with Crippen LogP contribution in [0.15, 0.2) is 67.0 Å². The second kappa shape index (κ2) is 11.8. The van der Waals surface area contributed by atoms with Gasteiger partial charge in [-0.2, -0.15) is 5.26 Å². The molecule has 0 spiro atoms. The van der Waals surface area contributed by atoms with E-state index < -0.39 is 0 Å². The number of hydrogen-bond donors (Lipinski definition) is 2. The summed E-state index contributed by atoms with van der Waals surface area (Å²) in [6.07, 6.45) is 6.28. The van der Waals surface area contributed by atoms with Gasteiger partial charge in [0.15, 0.2) is 11.5 Å². The van der Waals surface area contributed by atoms with Gasteiger partial charge in [0.2, 0.25) is 5.82 Å². The van der Waals surface area contributed by atoms with E-state index in [1.807, 2.05) is 30.3 Å². The molecule has 0 amide bonds. The zero-order chi connectivity index (χ0) is 29.2. The van der Waals surface area contributed by atoms with E-state index in [1.54, 1.807) is 12.4 Å². The van der Waals surface area contributed by atoms with Gasteiger partial charge in [-0.25, -0.2) is 24.9 Å². The molecule has 1 aromatic carbocycles. The maximum absolute atomic E-state index is 9.06. The summed E-state index contributed by atoms with van der Waals surface area (Å²) in [7, 11) is 0. The first kappa shape index (κ1) is 26.9. The van der Waals surface area contributed by atoms with Crippen molar-refractivity contribution in [3.63, 3.8) is 0 Å². The summed E-state index contributed by atoms with van der Waals surface area (Å²) in [4.78, 5) is 25.0. The highest BCUT2D eigenvalue weighted by Crippen LogP contribution is 2.32. The Labute approximate surface area is 249 Å². The summed E-state index contributed by atoms with van der Waals surface area (Å²) in [5, 5.41) is 12.5. The highest BCUT2D eigenvalue weighted by molar-refractivity contribution is 5.83. The number of fused-ring (bicyclic) bond motifs is 1. The molecule has 0 unspecified atom stereocenters. The van der Waals surface area contributed by atoms with Crippen LogP contribution in [0.1, 0.15) is 42.3 Å². The predicted molar refractivity (Wildman–Crippen MR) is 163 cm³/mol. The van der Waals surface area contributed by atoms with E-state index in [2.05, 4.69) is 60.1 Å². The SMILES string of the molecule is N#Cc1nccc(NC2CCN(Cc3ccc(-n4c(-c5cccnc5N)nc5ccc([C@H]6CCOC6)nc54)cc3)CC2)n1.